The molecule has 20 heavy (non-hydrogen) atoms. The molecule has 1 heterocycles. The monoisotopic (exact) mass is 258 g/mol. The second-order valence-corrected chi connectivity index (χ2v) is 5.01. The Morgan fingerprint density at radius 2 is 2.00 bits per heavy atom. The molecule has 0 spiro atoms. The number of benzene rings is 2. The first-order valence-corrected chi connectivity index (χ1v) is 6.45. The van der Waals surface area contributed by atoms with E-state index in [1.54, 1.807) is 12.1 Å². The van der Waals surface area contributed by atoms with Crippen molar-refractivity contribution in [3.8, 4) is 6.07 Å². The Morgan fingerprint density at radius 3 is 2.85 bits per heavy atom. The van der Waals surface area contributed by atoms with E-state index in [-0.39, 0.29) is 5.78 Å². The molecule has 1 aromatic heterocycles. The molecule has 0 fully saturated rings. The maximum Gasteiger partial charge on any atom is 0.195 e. The molecular formula is C17H10N2O. The fourth-order valence-corrected chi connectivity index (χ4v) is 2.94. The van der Waals surface area contributed by atoms with E-state index in [1.165, 1.54) is 0 Å². The summed E-state index contributed by atoms with van der Waals surface area (Å²) in [6.07, 6.45) is 0.730. The third-order valence-corrected chi connectivity index (χ3v) is 3.86. The highest BCUT2D eigenvalue weighted by molar-refractivity contribution is 6.19. The summed E-state index contributed by atoms with van der Waals surface area (Å²) in [6, 6.07) is 15.2. The average Bonchev–Trinajstić information content (AvgIpc) is 2.84. The van der Waals surface area contributed by atoms with Crippen molar-refractivity contribution in [2.24, 2.45) is 0 Å². The predicted octanol–water partition coefficient (Wildman–Crippen LogP) is 3.17. The number of carbonyl (C=O) groups excluding carboxylic acids is 1. The van der Waals surface area contributed by atoms with Crippen molar-refractivity contribution in [3.05, 3.63) is 70.4 Å². The van der Waals surface area contributed by atoms with Crippen molar-refractivity contribution >= 4 is 16.7 Å². The van der Waals surface area contributed by atoms with Crippen LogP contribution >= 0.6 is 0 Å². The van der Waals surface area contributed by atoms with Crippen molar-refractivity contribution in [2.75, 3.05) is 0 Å². The van der Waals surface area contributed by atoms with Crippen molar-refractivity contribution in [1.29, 1.82) is 5.26 Å². The molecule has 1 N–H and O–H groups in total. The Balaban J connectivity index is 2.01. The van der Waals surface area contributed by atoms with Crippen LogP contribution in [-0.4, -0.2) is 10.8 Å². The number of rotatable bonds is 0. The fourth-order valence-electron chi connectivity index (χ4n) is 2.94. The predicted molar refractivity (Wildman–Crippen MR) is 75.7 cm³/mol. The molecule has 0 radical (unpaired) electrons. The van der Waals surface area contributed by atoms with Gasteiger partial charge in [-0.05, 0) is 17.7 Å². The number of carbonyl (C=O) groups is 1. The highest BCUT2D eigenvalue weighted by Gasteiger charge is 2.26. The Bertz CT molecular complexity index is 912. The van der Waals surface area contributed by atoms with Gasteiger partial charge in [0, 0.05) is 28.6 Å². The van der Waals surface area contributed by atoms with E-state index in [9.17, 15) is 4.79 Å². The summed E-state index contributed by atoms with van der Waals surface area (Å²) in [4.78, 5) is 15.9. The van der Waals surface area contributed by atoms with E-state index < -0.39 is 0 Å². The topological polar surface area (TPSA) is 56.6 Å². The average molecular weight is 258 g/mol. The third-order valence-electron chi connectivity index (χ3n) is 3.86. The van der Waals surface area contributed by atoms with Gasteiger partial charge in [-0.25, -0.2) is 0 Å². The molecule has 0 aliphatic heterocycles. The van der Waals surface area contributed by atoms with Crippen LogP contribution in [0.2, 0.25) is 0 Å². The summed E-state index contributed by atoms with van der Waals surface area (Å²) in [6.45, 7) is 0. The van der Waals surface area contributed by atoms with Crippen molar-refractivity contribution in [3.63, 3.8) is 0 Å². The zero-order valence-corrected chi connectivity index (χ0v) is 10.6. The van der Waals surface area contributed by atoms with Gasteiger partial charge in [0.25, 0.3) is 0 Å². The molecule has 1 aliphatic carbocycles. The Hall–Kier alpha value is -2.86. The quantitative estimate of drug-likeness (QED) is 0.526. The fraction of sp³-hybridized carbons (Fsp3) is 0.0588. The maximum atomic E-state index is 12.7. The van der Waals surface area contributed by atoms with Crippen LogP contribution in [0.3, 0.4) is 0 Å². The van der Waals surface area contributed by atoms with Crippen LogP contribution in [0.15, 0.2) is 42.5 Å². The number of aromatic nitrogens is 1. The zero-order valence-electron chi connectivity index (χ0n) is 10.6. The van der Waals surface area contributed by atoms with Gasteiger partial charge in [-0.1, -0.05) is 30.3 Å². The van der Waals surface area contributed by atoms with Gasteiger partial charge in [-0.15, -0.1) is 0 Å². The summed E-state index contributed by atoms with van der Waals surface area (Å²) in [5, 5.41) is 9.86. The smallest absolute Gasteiger partial charge is 0.195 e. The lowest BCUT2D eigenvalue weighted by Gasteiger charge is -2.14. The van der Waals surface area contributed by atoms with Crippen LogP contribution in [0.25, 0.3) is 10.9 Å². The molecular weight excluding hydrogens is 248 g/mol. The van der Waals surface area contributed by atoms with Gasteiger partial charge >= 0.3 is 0 Å². The van der Waals surface area contributed by atoms with E-state index >= 15 is 0 Å². The number of fused-ring (bicyclic) bond motifs is 4. The molecule has 0 unspecified atom stereocenters. The van der Waals surface area contributed by atoms with Crippen LogP contribution in [0.5, 0.6) is 0 Å². The Kier molecular flexibility index (Phi) is 2.10. The van der Waals surface area contributed by atoms with Crippen molar-refractivity contribution < 1.29 is 4.79 Å². The van der Waals surface area contributed by atoms with Gasteiger partial charge in [-0.2, -0.15) is 5.26 Å². The molecule has 4 rings (SSSR count). The van der Waals surface area contributed by atoms with Gasteiger partial charge in [0.05, 0.1) is 17.2 Å². The lowest BCUT2D eigenvalue weighted by Crippen LogP contribution is -2.13. The van der Waals surface area contributed by atoms with Gasteiger partial charge in [0.1, 0.15) is 0 Å². The molecule has 0 atom stereocenters. The molecule has 3 nitrogen and oxygen atoms in total. The first-order chi connectivity index (χ1) is 9.78. The van der Waals surface area contributed by atoms with E-state index in [0.717, 1.165) is 39.7 Å². The van der Waals surface area contributed by atoms with Crippen LogP contribution in [0, 0.1) is 11.3 Å². The van der Waals surface area contributed by atoms with Crippen molar-refractivity contribution in [1.82, 2.24) is 4.98 Å². The Morgan fingerprint density at radius 1 is 1.15 bits per heavy atom. The number of aromatic amines is 1. The largest absolute Gasteiger partial charge is 0.357 e. The number of H-pyrrole nitrogens is 1. The van der Waals surface area contributed by atoms with E-state index in [2.05, 4.69) is 11.1 Å². The van der Waals surface area contributed by atoms with Crippen LogP contribution in [-0.2, 0) is 6.42 Å². The maximum absolute atomic E-state index is 12.7. The molecule has 0 bridgehead atoms. The number of ketones is 1. The molecule has 3 aromatic rings. The molecule has 1 aliphatic rings. The molecule has 3 heteroatoms. The van der Waals surface area contributed by atoms with Gasteiger partial charge in [0.2, 0.25) is 0 Å². The molecule has 0 saturated carbocycles. The molecule has 0 saturated heterocycles. The normalized spacial score (nSPS) is 12.8. The summed E-state index contributed by atoms with van der Waals surface area (Å²) in [5.74, 6) is 0.0674. The highest BCUT2D eigenvalue weighted by Crippen LogP contribution is 2.32. The third kappa shape index (κ3) is 1.36. The number of nitrogens with zero attached hydrogens (tertiary/aromatic N) is 1. The van der Waals surface area contributed by atoms with Crippen LogP contribution in [0.4, 0.5) is 0 Å². The summed E-state index contributed by atoms with van der Waals surface area (Å²) in [7, 11) is 0. The molecule has 2 aromatic carbocycles. The second-order valence-electron chi connectivity index (χ2n) is 5.01. The van der Waals surface area contributed by atoms with Crippen molar-refractivity contribution in [2.45, 2.75) is 6.42 Å². The molecule has 94 valence electrons. The lowest BCUT2D eigenvalue weighted by atomic mass is 9.88. The van der Waals surface area contributed by atoms with Gasteiger partial charge in [-0.3, -0.25) is 4.79 Å². The first kappa shape index (κ1) is 11.0. The number of hydrogen-bond acceptors (Lipinski definition) is 2. The number of nitrogens with one attached hydrogen (secondary N) is 1. The first-order valence-electron chi connectivity index (χ1n) is 6.45. The summed E-state index contributed by atoms with van der Waals surface area (Å²) >= 11 is 0. The highest BCUT2D eigenvalue weighted by atomic mass is 16.1. The minimum atomic E-state index is 0.0674. The second kappa shape index (κ2) is 3.82. The van der Waals surface area contributed by atoms with E-state index in [4.69, 9.17) is 5.26 Å². The summed E-state index contributed by atoms with van der Waals surface area (Å²) in [5.41, 5.74) is 4.99. The lowest BCUT2D eigenvalue weighted by molar-refractivity contribution is 0.103. The minimum Gasteiger partial charge on any atom is -0.357 e. The van der Waals surface area contributed by atoms with E-state index in [1.807, 2.05) is 30.3 Å². The van der Waals surface area contributed by atoms with Gasteiger partial charge < -0.3 is 4.98 Å². The standard InChI is InChI=1S/C17H10N2O/c18-9-10-5-6-13-14(7-10)19-15-8-11-3-1-2-4-12(11)17(20)16(13)15/h1-7,19H,8H2. The van der Waals surface area contributed by atoms with E-state index in [0.29, 0.717) is 5.56 Å². The van der Waals surface area contributed by atoms with Crippen LogP contribution in [0.1, 0.15) is 32.7 Å². The molecule has 0 amide bonds. The van der Waals surface area contributed by atoms with Crippen LogP contribution < -0.4 is 0 Å². The number of hydrogen-bond donors (Lipinski definition) is 1. The van der Waals surface area contributed by atoms with Gasteiger partial charge in [0.15, 0.2) is 5.78 Å². The Labute approximate surface area is 115 Å². The summed E-state index contributed by atoms with van der Waals surface area (Å²) < 4.78 is 0. The SMILES string of the molecule is N#Cc1ccc2c3c([nH]c2c1)Cc1ccccc1C3=O. The minimum absolute atomic E-state index is 0.0674. The zero-order chi connectivity index (χ0) is 13.7. The number of nitriles is 1.